The fourth-order valence-electron chi connectivity index (χ4n) is 2.81. The van der Waals surface area contributed by atoms with Crippen LogP contribution in [0.15, 0.2) is 78.9 Å². The van der Waals surface area contributed by atoms with Gasteiger partial charge in [0.05, 0.1) is 11.2 Å². The molecule has 24 heavy (non-hydrogen) atoms. The first-order valence-corrected chi connectivity index (χ1v) is 8.38. The first kappa shape index (κ1) is 15.2. The van der Waals surface area contributed by atoms with E-state index in [9.17, 15) is 0 Å². The maximum absolute atomic E-state index is 6.03. The zero-order valence-electron chi connectivity index (χ0n) is 12.7. The Morgan fingerprint density at radius 3 is 1.88 bits per heavy atom. The van der Waals surface area contributed by atoms with E-state index in [4.69, 9.17) is 28.2 Å². The lowest BCUT2D eigenvalue weighted by Crippen LogP contribution is -1.89. The highest BCUT2D eigenvalue weighted by atomic mass is 35.5. The predicted molar refractivity (Wildman–Crippen MR) is 103 cm³/mol. The van der Waals surface area contributed by atoms with Crippen LogP contribution >= 0.6 is 23.2 Å². The van der Waals surface area contributed by atoms with E-state index in [1.165, 1.54) is 0 Å². The summed E-state index contributed by atoms with van der Waals surface area (Å²) < 4.78 is 0. The van der Waals surface area contributed by atoms with Crippen LogP contribution in [0, 0.1) is 0 Å². The number of nitrogens with zero attached hydrogens (tertiary/aromatic N) is 1. The highest BCUT2D eigenvalue weighted by Gasteiger charge is 2.09. The van der Waals surface area contributed by atoms with Crippen LogP contribution < -0.4 is 0 Å². The van der Waals surface area contributed by atoms with Gasteiger partial charge in [0, 0.05) is 21.0 Å². The minimum absolute atomic E-state index is 0.720. The SMILES string of the molecule is Clc1ccc(-c2cc(-c3ccc(Cl)cc3)c3ccccc3n2)cc1. The lowest BCUT2D eigenvalue weighted by molar-refractivity contribution is 1.40. The molecule has 4 rings (SSSR count). The summed E-state index contributed by atoms with van der Waals surface area (Å²) in [5.41, 5.74) is 5.20. The number of benzene rings is 3. The van der Waals surface area contributed by atoms with Gasteiger partial charge in [-0.15, -0.1) is 0 Å². The molecule has 4 aromatic rings. The van der Waals surface area contributed by atoms with Gasteiger partial charge in [0.2, 0.25) is 0 Å². The summed E-state index contributed by atoms with van der Waals surface area (Å²) in [6.07, 6.45) is 0. The molecule has 0 unspecified atom stereocenters. The first-order valence-electron chi connectivity index (χ1n) is 7.62. The maximum Gasteiger partial charge on any atom is 0.0715 e. The predicted octanol–water partition coefficient (Wildman–Crippen LogP) is 6.88. The fourth-order valence-corrected chi connectivity index (χ4v) is 3.06. The molecule has 3 aromatic carbocycles. The molecule has 0 saturated heterocycles. The lowest BCUT2D eigenvalue weighted by Gasteiger charge is -2.10. The largest absolute Gasteiger partial charge is 0.248 e. The number of hydrogen-bond acceptors (Lipinski definition) is 1. The van der Waals surface area contributed by atoms with Gasteiger partial charge in [-0.25, -0.2) is 4.98 Å². The van der Waals surface area contributed by atoms with Crippen molar-refractivity contribution < 1.29 is 0 Å². The van der Waals surface area contributed by atoms with Gasteiger partial charge in [0.15, 0.2) is 0 Å². The minimum atomic E-state index is 0.720. The molecule has 0 N–H and O–H groups in total. The Morgan fingerprint density at radius 1 is 0.625 bits per heavy atom. The quantitative estimate of drug-likeness (QED) is 0.384. The van der Waals surface area contributed by atoms with Gasteiger partial charge in [0.25, 0.3) is 0 Å². The van der Waals surface area contributed by atoms with Crippen LogP contribution in [0.3, 0.4) is 0 Å². The molecule has 0 saturated carbocycles. The molecule has 116 valence electrons. The molecule has 1 aromatic heterocycles. The summed E-state index contributed by atoms with van der Waals surface area (Å²) in [5.74, 6) is 0. The van der Waals surface area contributed by atoms with Crippen molar-refractivity contribution >= 4 is 34.1 Å². The van der Waals surface area contributed by atoms with E-state index in [0.717, 1.165) is 43.3 Å². The fraction of sp³-hybridized carbons (Fsp3) is 0. The summed E-state index contributed by atoms with van der Waals surface area (Å²) in [5, 5.41) is 2.57. The van der Waals surface area contributed by atoms with Crippen molar-refractivity contribution in [3.63, 3.8) is 0 Å². The molecule has 0 fully saturated rings. The van der Waals surface area contributed by atoms with E-state index in [2.05, 4.69) is 12.1 Å². The number of para-hydroxylation sites is 1. The average molecular weight is 350 g/mol. The third-order valence-electron chi connectivity index (χ3n) is 4.01. The zero-order chi connectivity index (χ0) is 16.5. The third kappa shape index (κ3) is 2.89. The van der Waals surface area contributed by atoms with Crippen LogP contribution in [0.4, 0.5) is 0 Å². The van der Waals surface area contributed by atoms with Gasteiger partial charge in [-0.3, -0.25) is 0 Å². The molecule has 1 nitrogen and oxygen atoms in total. The smallest absolute Gasteiger partial charge is 0.0715 e. The molecule has 1 heterocycles. The number of rotatable bonds is 2. The average Bonchev–Trinajstić information content (AvgIpc) is 2.62. The Balaban J connectivity index is 1.97. The van der Waals surface area contributed by atoms with Crippen LogP contribution in [0.5, 0.6) is 0 Å². The van der Waals surface area contributed by atoms with E-state index >= 15 is 0 Å². The maximum atomic E-state index is 6.03. The normalized spacial score (nSPS) is 10.9. The second kappa shape index (κ2) is 6.27. The van der Waals surface area contributed by atoms with E-state index in [1.54, 1.807) is 0 Å². The monoisotopic (exact) mass is 349 g/mol. The van der Waals surface area contributed by atoms with Crippen molar-refractivity contribution in [3.05, 3.63) is 88.9 Å². The molecule has 0 radical (unpaired) electrons. The van der Waals surface area contributed by atoms with Gasteiger partial charge in [-0.2, -0.15) is 0 Å². The number of pyridine rings is 1. The molecule has 0 aliphatic rings. The van der Waals surface area contributed by atoms with Gasteiger partial charge in [0.1, 0.15) is 0 Å². The standard InChI is InChI=1S/C21H13Cl2N/c22-16-9-5-14(6-10-16)19-13-21(15-7-11-17(23)12-8-15)24-20-4-2-1-3-18(19)20/h1-13H. The molecule has 0 atom stereocenters. The summed E-state index contributed by atoms with van der Waals surface area (Å²) in [6, 6.07) is 25.9. The Kier molecular flexibility index (Phi) is 3.97. The van der Waals surface area contributed by atoms with E-state index in [-0.39, 0.29) is 0 Å². The van der Waals surface area contributed by atoms with Crippen molar-refractivity contribution in [1.82, 2.24) is 4.98 Å². The Labute approximate surface area is 150 Å². The van der Waals surface area contributed by atoms with Crippen molar-refractivity contribution in [3.8, 4) is 22.4 Å². The van der Waals surface area contributed by atoms with Gasteiger partial charge < -0.3 is 0 Å². The van der Waals surface area contributed by atoms with Crippen LogP contribution in [0.2, 0.25) is 10.0 Å². The van der Waals surface area contributed by atoms with E-state index in [1.807, 2.05) is 66.7 Å². The topological polar surface area (TPSA) is 12.9 Å². The van der Waals surface area contributed by atoms with Crippen molar-refractivity contribution in [2.45, 2.75) is 0 Å². The molecule has 0 aliphatic heterocycles. The number of halogens is 2. The molecular formula is C21H13Cl2N. The van der Waals surface area contributed by atoms with Crippen LogP contribution in [-0.4, -0.2) is 4.98 Å². The second-order valence-corrected chi connectivity index (χ2v) is 6.46. The molecule has 0 bridgehead atoms. The Morgan fingerprint density at radius 2 is 1.21 bits per heavy atom. The van der Waals surface area contributed by atoms with Crippen molar-refractivity contribution in [2.24, 2.45) is 0 Å². The summed E-state index contributed by atoms with van der Waals surface area (Å²) in [6.45, 7) is 0. The lowest BCUT2D eigenvalue weighted by atomic mass is 9.98. The van der Waals surface area contributed by atoms with Crippen LogP contribution in [-0.2, 0) is 0 Å². The van der Waals surface area contributed by atoms with Gasteiger partial charge in [-0.05, 0) is 47.5 Å². The van der Waals surface area contributed by atoms with Crippen molar-refractivity contribution in [2.75, 3.05) is 0 Å². The van der Waals surface area contributed by atoms with Crippen molar-refractivity contribution in [1.29, 1.82) is 0 Å². The molecule has 0 spiro atoms. The zero-order valence-corrected chi connectivity index (χ0v) is 14.2. The van der Waals surface area contributed by atoms with E-state index in [0.29, 0.717) is 0 Å². The third-order valence-corrected chi connectivity index (χ3v) is 4.52. The number of hydrogen-bond donors (Lipinski definition) is 0. The molecule has 0 amide bonds. The van der Waals surface area contributed by atoms with Crippen LogP contribution in [0.25, 0.3) is 33.3 Å². The summed E-state index contributed by atoms with van der Waals surface area (Å²) in [4.78, 5) is 4.81. The number of aromatic nitrogens is 1. The van der Waals surface area contributed by atoms with E-state index < -0.39 is 0 Å². The highest BCUT2D eigenvalue weighted by Crippen LogP contribution is 2.32. The molecule has 0 aliphatic carbocycles. The Hall–Kier alpha value is -2.35. The minimum Gasteiger partial charge on any atom is -0.248 e. The van der Waals surface area contributed by atoms with Gasteiger partial charge in [-0.1, -0.05) is 65.7 Å². The number of fused-ring (bicyclic) bond motifs is 1. The summed E-state index contributed by atoms with van der Waals surface area (Å²) >= 11 is 12.0. The summed E-state index contributed by atoms with van der Waals surface area (Å²) in [7, 11) is 0. The highest BCUT2D eigenvalue weighted by molar-refractivity contribution is 6.31. The van der Waals surface area contributed by atoms with Crippen LogP contribution in [0.1, 0.15) is 0 Å². The first-order chi connectivity index (χ1) is 11.7. The second-order valence-electron chi connectivity index (χ2n) is 5.59. The molecule has 3 heteroatoms. The van der Waals surface area contributed by atoms with Gasteiger partial charge >= 0.3 is 0 Å². The Bertz CT molecular complexity index is 1010. The molecular weight excluding hydrogens is 337 g/mol.